The number of carbonyl (C=O) groups is 1. The van der Waals surface area contributed by atoms with Crippen molar-refractivity contribution in [3.05, 3.63) is 45.9 Å². The SMILES string of the molecule is CC(C)[C@@H](N=C1NS(=O)(=O)N=C1Nc1ccc(Br)c(C(=O)N(C)C)c1O)c1ccc2c(c1)OCO2. The zero-order valence-corrected chi connectivity index (χ0v) is 21.8. The van der Waals surface area contributed by atoms with Crippen LogP contribution in [0.15, 0.2) is 44.2 Å². The Kier molecular flexibility index (Phi) is 6.64. The molecule has 0 unspecified atom stereocenters. The summed E-state index contributed by atoms with van der Waals surface area (Å²) in [7, 11) is -0.946. The maximum Gasteiger partial charge on any atom is 0.345 e. The molecule has 3 N–H and O–H groups in total. The largest absolute Gasteiger partial charge is 0.505 e. The monoisotopic (exact) mass is 565 g/mol. The maximum absolute atomic E-state index is 12.5. The fraction of sp³-hybridized carbons (Fsp3) is 0.318. The lowest BCUT2D eigenvalue weighted by atomic mass is 9.96. The van der Waals surface area contributed by atoms with E-state index in [-0.39, 0.29) is 41.4 Å². The molecule has 2 aromatic carbocycles. The summed E-state index contributed by atoms with van der Waals surface area (Å²) in [5.41, 5.74) is 0.911. The van der Waals surface area contributed by atoms with E-state index in [2.05, 4.69) is 35.4 Å². The number of ether oxygens (including phenoxy) is 2. The second-order valence-electron chi connectivity index (χ2n) is 8.44. The van der Waals surface area contributed by atoms with Crippen LogP contribution in [0.4, 0.5) is 5.69 Å². The van der Waals surface area contributed by atoms with Crippen LogP contribution in [0, 0.1) is 5.92 Å². The van der Waals surface area contributed by atoms with Crippen molar-refractivity contribution in [2.24, 2.45) is 15.3 Å². The Labute approximate surface area is 211 Å². The number of phenolic OH excluding ortho intramolecular Hbond substituents is 1. The lowest BCUT2D eigenvalue weighted by Crippen LogP contribution is -2.31. The molecule has 1 atom stereocenters. The first-order chi connectivity index (χ1) is 16.5. The summed E-state index contributed by atoms with van der Waals surface area (Å²) in [5.74, 6) is 0.267. The number of hydrogen-bond acceptors (Lipinski definition) is 8. The third-order valence-corrected chi connectivity index (χ3v) is 6.83. The molecule has 0 fully saturated rings. The zero-order chi connectivity index (χ0) is 25.5. The van der Waals surface area contributed by atoms with E-state index in [0.29, 0.717) is 16.0 Å². The van der Waals surface area contributed by atoms with Gasteiger partial charge in [0.1, 0.15) is 0 Å². The number of hydrogen-bond donors (Lipinski definition) is 3. The molecule has 0 saturated heterocycles. The van der Waals surface area contributed by atoms with Gasteiger partial charge in [0.05, 0.1) is 17.3 Å². The van der Waals surface area contributed by atoms with Gasteiger partial charge in [-0.1, -0.05) is 19.9 Å². The highest BCUT2D eigenvalue weighted by Gasteiger charge is 2.30. The van der Waals surface area contributed by atoms with Crippen molar-refractivity contribution in [1.29, 1.82) is 0 Å². The van der Waals surface area contributed by atoms with E-state index in [0.717, 1.165) is 5.56 Å². The van der Waals surface area contributed by atoms with Crippen LogP contribution in [0.25, 0.3) is 0 Å². The summed E-state index contributed by atoms with van der Waals surface area (Å²) in [6, 6.07) is 8.05. The highest BCUT2D eigenvalue weighted by Crippen LogP contribution is 2.38. The molecule has 0 radical (unpaired) electrons. The number of amides is 1. The first kappa shape index (κ1) is 24.8. The maximum atomic E-state index is 12.5. The van der Waals surface area contributed by atoms with E-state index >= 15 is 0 Å². The van der Waals surface area contributed by atoms with Gasteiger partial charge < -0.3 is 24.8 Å². The minimum Gasteiger partial charge on any atom is -0.505 e. The second kappa shape index (κ2) is 9.38. The number of aromatic hydroxyl groups is 1. The summed E-state index contributed by atoms with van der Waals surface area (Å²) in [4.78, 5) is 18.5. The number of carbonyl (C=O) groups excluding carboxylic acids is 1. The van der Waals surface area contributed by atoms with Crippen molar-refractivity contribution in [1.82, 2.24) is 9.62 Å². The normalized spacial score (nSPS) is 17.8. The minimum atomic E-state index is -4.05. The number of aliphatic imine (C=N–C) groups is 1. The number of fused-ring (bicyclic) bond motifs is 1. The molecule has 4 rings (SSSR count). The molecule has 0 bridgehead atoms. The Morgan fingerprint density at radius 3 is 2.63 bits per heavy atom. The predicted octanol–water partition coefficient (Wildman–Crippen LogP) is 3.04. The summed E-state index contributed by atoms with van der Waals surface area (Å²) in [6.45, 7) is 4.04. The summed E-state index contributed by atoms with van der Waals surface area (Å²) in [6.07, 6.45) is 0. The van der Waals surface area contributed by atoms with Gasteiger partial charge in [-0.3, -0.25) is 9.79 Å². The van der Waals surface area contributed by atoms with Crippen LogP contribution in [0.5, 0.6) is 17.2 Å². The highest BCUT2D eigenvalue weighted by molar-refractivity contribution is 9.10. The Morgan fingerprint density at radius 1 is 1.23 bits per heavy atom. The van der Waals surface area contributed by atoms with Gasteiger partial charge in [0, 0.05) is 18.6 Å². The number of anilines is 1. The van der Waals surface area contributed by atoms with Gasteiger partial charge in [-0.2, -0.15) is 8.42 Å². The molecule has 35 heavy (non-hydrogen) atoms. The Morgan fingerprint density at radius 2 is 1.94 bits per heavy atom. The summed E-state index contributed by atoms with van der Waals surface area (Å²) < 4.78 is 41.8. The third kappa shape index (κ3) is 5.05. The average molecular weight is 566 g/mol. The third-order valence-electron chi connectivity index (χ3n) is 5.30. The van der Waals surface area contributed by atoms with Crippen LogP contribution in [0.1, 0.15) is 35.8 Å². The first-order valence-corrected chi connectivity index (χ1v) is 12.8. The van der Waals surface area contributed by atoms with Crippen molar-refractivity contribution in [3.63, 3.8) is 0 Å². The van der Waals surface area contributed by atoms with Gasteiger partial charge >= 0.3 is 10.2 Å². The zero-order valence-electron chi connectivity index (χ0n) is 19.4. The summed E-state index contributed by atoms with van der Waals surface area (Å²) >= 11 is 3.27. The second-order valence-corrected chi connectivity index (χ2v) is 10.6. The van der Waals surface area contributed by atoms with E-state index in [1.807, 2.05) is 26.0 Å². The molecule has 0 saturated carbocycles. The Bertz CT molecular complexity index is 1360. The molecule has 2 aliphatic heterocycles. The molecule has 13 heteroatoms. The fourth-order valence-electron chi connectivity index (χ4n) is 3.59. The number of phenols is 1. The van der Waals surface area contributed by atoms with Crippen LogP contribution >= 0.6 is 15.9 Å². The quantitative estimate of drug-likeness (QED) is 0.473. The van der Waals surface area contributed by atoms with Gasteiger partial charge in [0.15, 0.2) is 28.9 Å². The number of rotatable bonds is 5. The number of benzene rings is 2. The van der Waals surface area contributed by atoms with Crippen molar-refractivity contribution in [3.8, 4) is 17.2 Å². The van der Waals surface area contributed by atoms with E-state index in [1.165, 1.54) is 11.0 Å². The summed E-state index contributed by atoms with van der Waals surface area (Å²) in [5, 5.41) is 13.6. The molecule has 186 valence electrons. The smallest absolute Gasteiger partial charge is 0.345 e. The Hall–Kier alpha value is -3.32. The van der Waals surface area contributed by atoms with Crippen molar-refractivity contribution >= 4 is 49.4 Å². The van der Waals surface area contributed by atoms with Gasteiger partial charge in [-0.15, -0.1) is 4.40 Å². The molecule has 1 amide bonds. The van der Waals surface area contributed by atoms with Gasteiger partial charge in [0.2, 0.25) is 6.79 Å². The van der Waals surface area contributed by atoms with E-state index < -0.39 is 22.2 Å². The molecule has 0 aromatic heterocycles. The lowest BCUT2D eigenvalue weighted by molar-refractivity contribution is 0.0824. The molecule has 11 nitrogen and oxygen atoms in total. The highest BCUT2D eigenvalue weighted by atomic mass is 79.9. The van der Waals surface area contributed by atoms with Crippen molar-refractivity contribution < 1.29 is 27.8 Å². The molecule has 2 aliphatic rings. The van der Waals surface area contributed by atoms with Crippen molar-refractivity contribution in [2.45, 2.75) is 19.9 Å². The first-order valence-electron chi connectivity index (χ1n) is 10.6. The molecular weight excluding hydrogens is 542 g/mol. The van der Waals surface area contributed by atoms with E-state index in [1.54, 1.807) is 26.2 Å². The molecular formula is C22H24BrN5O6S. The van der Waals surface area contributed by atoms with Gasteiger partial charge in [-0.25, -0.2) is 4.72 Å². The fourth-order valence-corrected chi connectivity index (χ4v) is 4.89. The predicted molar refractivity (Wildman–Crippen MR) is 135 cm³/mol. The molecule has 0 spiro atoms. The minimum absolute atomic E-state index is 0.0142. The van der Waals surface area contributed by atoms with Crippen LogP contribution < -0.4 is 19.5 Å². The number of halogens is 1. The van der Waals surface area contributed by atoms with Crippen LogP contribution in [-0.4, -0.2) is 56.9 Å². The number of nitrogens with one attached hydrogen (secondary N) is 2. The van der Waals surface area contributed by atoms with Crippen LogP contribution in [0.3, 0.4) is 0 Å². The lowest BCUT2D eigenvalue weighted by Gasteiger charge is -2.19. The molecule has 2 heterocycles. The average Bonchev–Trinajstić information content (AvgIpc) is 3.36. The van der Waals surface area contributed by atoms with Crippen LogP contribution in [-0.2, 0) is 10.2 Å². The van der Waals surface area contributed by atoms with E-state index in [4.69, 9.17) is 9.47 Å². The Balaban J connectivity index is 1.71. The standard InChI is InChI=1S/C22H24BrN5O6S/c1-11(2)18(12-5-8-15-16(9-12)34-10-33-15)25-21-20(26-35(31,32)27-21)24-14-7-6-13(23)17(19(14)29)22(30)28(3)4/h5-9,11,18,29H,10H2,1-4H3,(H,24,26)(H,25,27)/t18-/m1/s1. The number of amidine groups is 2. The van der Waals surface area contributed by atoms with Gasteiger partial charge in [0.25, 0.3) is 5.91 Å². The number of nitrogens with zero attached hydrogens (tertiary/aromatic N) is 3. The van der Waals surface area contributed by atoms with Gasteiger partial charge in [-0.05, 0) is 51.7 Å². The topological polar surface area (TPSA) is 142 Å². The molecule has 2 aromatic rings. The van der Waals surface area contributed by atoms with Crippen LogP contribution in [0.2, 0.25) is 0 Å². The van der Waals surface area contributed by atoms with E-state index in [9.17, 15) is 18.3 Å². The molecule has 0 aliphatic carbocycles. The van der Waals surface area contributed by atoms with Crippen molar-refractivity contribution in [2.75, 3.05) is 26.2 Å².